The summed E-state index contributed by atoms with van der Waals surface area (Å²) in [7, 11) is 3.43. The predicted octanol–water partition coefficient (Wildman–Crippen LogP) is 2.90. The fraction of sp³-hybridized carbons (Fsp3) is 0.222. The van der Waals surface area contributed by atoms with Crippen LogP contribution in [0, 0.1) is 0 Å². The molecule has 0 spiro atoms. The predicted molar refractivity (Wildman–Crippen MR) is 91.5 cm³/mol. The summed E-state index contributed by atoms with van der Waals surface area (Å²) >= 11 is 5.82. The van der Waals surface area contributed by atoms with Gasteiger partial charge < -0.3 is 10.2 Å². The van der Waals surface area contributed by atoms with Gasteiger partial charge in [-0.25, -0.2) is 0 Å². The zero-order valence-electron chi connectivity index (χ0n) is 13.2. The first kappa shape index (κ1) is 17.0. The second-order valence-corrected chi connectivity index (χ2v) is 5.91. The Morgan fingerprint density at radius 3 is 2.09 bits per heavy atom. The minimum atomic E-state index is -0.0548. The molecule has 1 N–H and O–H groups in total. The van der Waals surface area contributed by atoms with Crippen LogP contribution in [0.1, 0.15) is 21.5 Å². The molecule has 120 valence electrons. The molecule has 4 nitrogen and oxygen atoms in total. The molecule has 0 aliphatic heterocycles. The number of rotatable bonds is 5. The van der Waals surface area contributed by atoms with E-state index in [1.165, 1.54) is 4.90 Å². The van der Waals surface area contributed by atoms with E-state index in [0.717, 1.165) is 11.1 Å². The third kappa shape index (κ3) is 5.11. The van der Waals surface area contributed by atoms with E-state index in [4.69, 9.17) is 11.6 Å². The molecule has 0 radical (unpaired) electrons. The van der Waals surface area contributed by atoms with Crippen molar-refractivity contribution in [1.82, 2.24) is 10.2 Å². The van der Waals surface area contributed by atoms with E-state index in [1.54, 1.807) is 38.4 Å². The molecule has 0 aliphatic rings. The highest BCUT2D eigenvalue weighted by atomic mass is 35.5. The maximum atomic E-state index is 11.9. The van der Waals surface area contributed by atoms with Gasteiger partial charge in [0.25, 0.3) is 5.91 Å². The molecule has 0 saturated heterocycles. The zero-order valence-corrected chi connectivity index (χ0v) is 13.9. The van der Waals surface area contributed by atoms with Crippen LogP contribution in [-0.4, -0.2) is 30.8 Å². The Morgan fingerprint density at radius 1 is 0.957 bits per heavy atom. The second kappa shape index (κ2) is 7.79. The second-order valence-electron chi connectivity index (χ2n) is 5.48. The highest BCUT2D eigenvalue weighted by Gasteiger charge is 2.08. The maximum Gasteiger partial charge on any atom is 0.253 e. The van der Waals surface area contributed by atoms with Crippen molar-refractivity contribution >= 4 is 23.4 Å². The third-order valence-corrected chi connectivity index (χ3v) is 3.63. The van der Waals surface area contributed by atoms with E-state index in [0.29, 0.717) is 23.6 Å². The van der Waals surface area contributed by atoms with Gasteiger partial charge in [0, 0.05) is 31.2 Å². The molecule has 5 heteroatoms. The minimum Gasteiger partial charge on any atom is -0.352 e. The maximum absolute atomic E-state index is 11.9. The van der Waals surface area contributed by atoms with Crippen LogP contribution < -0.4 is 5.32 Å². The van der Waals surface area contributed by atoms with Gasteiger partial charge in [-0.2, -0.15) is 0 Å². The molecule has 0 bridgehead atoms. The number of benzene rings is 2. The van der Waals surface area contributed by atoms with Gasteiger partial charge in [0.05, 0.1) is 6.42 Å². The smallest absolute Gasteiger partial charge is 0.253 e. The van der Waals surface area contributed by atoms with Crippen molar-refractivity contribution in [3.63, 3.8) is 0 Å². The van der Waals surface area contributed by atoms with Crippen LogP contribution >= 0.6 is 11.6 Å². The molecule has 0 aromatic heterocycles. The van der Waals surface area contributed by atoms with Gasteiger partial charge in [-0.05, 0) is 35.4 Å². The molecule has 2 rings (SSSR count). The summed E-state index contributed by atoms with van der Waals surface area (Å²) in [4.78, 5) is 25.3. The number of carbonyl (C=O) groups excluding carboxylic acids is 2. The number of hydrogen-bond acceptors (Lipinski definition) is 2. The molecular weight excluding hydrogens is 312 g/mol. The summed E-state index contributed by atoms with van der Waals surface area (Å²) in [5, 5.41) is 3.52. The summed E-state index contributed by atoms with van der Waals surface area (Å²) in [6, 6.07) is 14.4. The van der Waals surface area contributed by atoms with Gasteiger partial charge in [0.2, 0.25) is 5.91 Å². The van der Waals surface area contributed by atoms with Gasteiger partial charge in [-0.1, -0.05) is 35.9 Å². The summed E-state index contributed by atoms with van der Waals surface area (Å²) in [6.45, 7) is 0.433. The largest absolute Gasteiger partial charge is 0.352 e. The summed E-state index contributed by atoms with van der Waals surface area (Å²) in [5.41, 5.74) is 2.50. The lowest BCUT2D eigenvalue weighted by molar-refractivity contribution is -0.120. The first-order valence-electron chi connectivity index (χ1n) is 7.27. The number of halogens is 1. The normalized spacial score (nSPS) is 10.2. The van der Waals surface area contributed by atoms with Gasteiger partial charge in [-0.3, -0.25) is 9.59 Å². The van der Waals surface area contributed by atoms with E-state index >= 15 is 0 Å². The Labute approximate surface area is 141 Å². The third-order valence-electron chi connectivity index (χ3n) is 3.37. The van der Waals surface area contributed by atoms with E-state index in [2.05, 4.69) is 5.32 Å². The molecule has 0 heterocycles. The van der Waals surface area contributed by atoms with Crippen LogP contribution in [0.15, 0.2) is 48.5 Å². The van der Waals surface area contributed by atoms with Gasteiger partial charge in [0.15, 0.2) is 0 Å². The SMILES string of the molecule is CN(C)C(=O)c1ccc(CNC(=O)Cc2ccc(Cl)cc2)cc1. The number of nitrogens with zero attached hydrogens (tertiary/aromatic N) is 1. The van der Waals surface area contributed by atoms with Crippen molar-refractivity contribution in [2.45, 2.75) is 13.0 Å². The molecule has 23 heavy (non-hydrogen) atoms. The average molecular weight is 331 g/mol. The molecule has 0 saturated carbocycles. The van der Waals surface area contributed by atoms with E-state index in [-0.39, 0.29) is 11.8 Å². The molecule has 0 fully saturated rings. The minimum absolute atomic E-state index is 0.0386. The number of amides is 2. The number of hydrogen-bond donors (Lipinski definition) is 1. The number of nitrogens with one attached hydrogen (secondary N) is 1. The van der Waals surface area contributed by atoms with E-state index in [1.807, 2.05) is 24.3 Å². The fourth-order valence-electron chi connectivity index (χ4n) is 2.07. The quantitative estimate of drug-likeness (QED) is 0.916. The Bertz CT molecular complexity index is 679. The van der Waals surface area contributed by atoms with Crippen LogP contribution in [0.3, 0.4) is 0 Å². The Kier molecular flexibility index (Phi) is 5.77. The lowest BCUT2D eigenvalue weighted by atomic mass is 10.1. The standard InChI is InChI=1S/C18H19ClN2O2/c1-21(2)18(23)15-7-3-14(4-8-15)12-20-17(22)11-13-5-9-16(19)10-6-13/h3-10H,11-12H2,1-2H3,(H,20,22). The lowest BCUT2D eigenvalue weighted by Crippen LogP contribution is -2.24. The highest BCUT2D eigenvalue weighted by Crippen LogP contribution is 2.10. The van der Waals surface area contributed by atoms with Crippen LogP contribution in [0.2, 0.25) is 5.02 Å². The lowest BCUT2D eigenvalue weighted by Gasteiger charge is -2.11. The van der Waals surface area contributed by atoms with Gasteiger partial charge >= 0.3 is 0 Å². The molecule has 2 amide bonds. The van der Waals surface area contributed by atoms with E-state index in [9.17, 15) is 9.59 Å². The average Bonchev–Trinajstić information content (AvgIpc) is 2.55. The van der Waals surface area contributed by atoms with Crippen LogP contribution in [-0.2, 0) is 17.8 Å². The van der Waals surface area contributed by atoms with E-state index < -0.39 is 0 Å². The highest BCUT2D eigenvalue weighted by molar-refractivity contribution is 6.30. The first-order chi connectivity index (χ1) is 11.0. The Morgan fingerprint density at radius 2 is 1.52 bits per heavy atom. The summed E-state index contributed by atoms with van der Waals surface area (Å²) in [6.07, 6.45) is 0.314. The molecule has 2 aromatic carbocycles. The number of carbonyl (C=O) groups is 2. The van der Waals surface area contributed by atoms with Crippen molar-refractivity contribution in [3.05, 3.63) is 70.2 Å². The van der Waals surface area contributed by atoms with Crippen molar-refractivity contribution in [1.29, 1.82) is 0 Å². The summed E-state index contributed by atoms with van der Waals surface area (Å²) in [5.74, 6) is -0.0934. The first-order valence-corrected chi connectivity index (χ1v) is 7.65. The van der Waals surface area contributed by atoms with Crippen LogP contribution in [0.4, 0.5) is 0 Å². The monoisotopic (exact) mass is 330 g/mol. The summed E-state index contributed by atoms with van der Waals surface area (Å²) < 4.78 is 0. The molecule has 2 aromatic rings. The molecule has 0 atom stereocenters. The van der Waals surface area contributed by atoms with Gasteiger partial charge in [-0.15, -0.1) is 0 Å². The Hall–Kier alpha value is -2.33. The van der Waals surface area contributed by atoms with Gasteiger partial charge in [0.1, 0.15) is 0 Å². The van der Waals surface area contributed by atoms with Crippen molar-refractivity contribution < 1.29 is 9.59 Å². The van der Waals surface area contributed by atoms with Crippen molar-refractivity contribution in [2.75, 3.05) is 14.1 Å². The molecule has 0 aliphatic carbocycles. The topological polar surface area (TPSA) is 49.4 Å². The van der Waals surface area contributed by atoms with Crippen LogP contribution in [0.5, 0.6) is 0 Å². The molecule has 0 unspecified atom stereocenters. The van der Waals surface area contributed by atoms with Crippen molar-refractivity contribution in [2.24, 2.45) is 0 Å². The zero-order chi connectivity index (χ0) is 16.8. The van der Waals surface area contributed by atoms with Crippen molar-refractivity contribution in [3.8, 4) is 0 Å². The van der Waals surface area contributed by atoms with Crippen LogP contribution in [0.25, 0.3) is 0 Å². The Balaban J connectivity index is 1.86. The fourth-order valence-corrected chi connectivity index (χ4v) is 2.20. The molecular formula is C18H19ClN2O2.